The Balaban J connectivity index is 1.63. The van der Waals surface area contributed by atoms with Gasteiger partial charge < -0.3 is 9.30 Å². The number of rotatable bonds is 6. The molecule has 2 heterocycles. The SMILES string of the molecule is Cc1cc(Oc2ccc(-c3ccn(CCC4CC4)c(=O)c3C#N)c(F)c2)ccn1. The van der Waals surface area contributed by atoms with E-state index in [4.69, 9.17) is 4.74 Å². The van der Waals surface area contributed by atoms with Gasteiger partial charge in [-0.15, -0.1) is 0 Å². The van der Waals surface area contributed by atoms with Gasteiger partial charge in [0.05, 0.1) is 0 Å². The van der Waals surface area contributed by atoms with Gasteiger partial charge in [-0.3, -0.25) is 9.78 Å². The monoisotopic (exact) mass is 389 g/mol. The molecule has 0 saturated heterocycles. The summed E-state index contributed by atoms with van der Waals surface area (Å²) in [5.74, 6) is 1.01. The second kappa shape index (κ2) is 7.88. The molecule has 6 heteroatoms. The van der Waals surface area contributed by atoms with E-state index < -0.39 is 5.82 Å². The number of nitriles is 1. The summed E-state index contributed by atoms with van der Waals surface area (Å²) >= 11 is 0. The van der Waals surface area contributed by atoms with Gasteiger partial charge >= 0.3 is 0 Å². The van der Waals surface area contributed by atoms with Crippen molar-refractivity contribution in [2.75, 3.05) is 0 Å². The Morgan fingerprint density at radius 3 is 2.69 bits per heavy atom. The van der Waals surface area contributed by atoms with Gasteiger partial charge in [0.15, 0.2) is 0 Å². The molecule has 0 bridgehead atoms. The van der Waals surface area contributed by atoms with Gasteiger partial charge in [0.1, 0.15) is 28.9 Å². The van der Waals surface area contributed by atoms with Crippen LogP contribution < -0.4 is 10.3 Å². The molecule has 1 fully saturated rings. The van der Waals surface area contributed by atoms with E-state index in [0.717, 1.165) is 12.1 Å². The summed E-state index contributed by atoms with van der Waals surface area (Å²) in [5, 5.41) is 9.52. The number of benzene rings is 1. The van der Waals surface area contributed by atoms with E-state index in [2.05, 4.69) is 4.98 Å². The summed E-state index contributed by atoms with van der Waals surface area (Å²) in [6.07, 6.45) is 6.60. The van der Waals surface area contributed by atoms with Gasteiger partial charge in [-0.05, 0) is 43.5 Å². The van der Waals surface area contributed by atoms with Crippen molar-refractivity contribution in [2.24, 2.45) is 5.92 Å². The van der Waals surface area contributed by atoms with Crippen LogP contribution in [0.5, 0.6) is 11.5 Å². The zero-order valence-electron chi connectivity index (χ0n) is 16.1. The predicted octanol–water partition coefficient (Wildman–Crippen LogP) is 4.82. The van der Waals surface area contributed by atoms with Crippen LogP contribution >= 0.6 is 0 Å². The van der Waals surface area contributed by atoms with Gasteiger partial charge in [0, 0.05) is 47.9 Å². The second-order valence-corrected chi connectivity index (χ2v) is 7.32. The number of hydrogen-bond acceptors (Lipinski definition) is 4. The van der Waals surface area contributed by atoms with Crippen molar-refractivity contribution in [2.45, 2.75) is 32.7 Å². The van der Waals surface area contributed by atoms with Crippen LogP contribution in [0.2, 0.25) is 0 Å². The van der Waals surface area contributed by atoms with Crippen molar-refractivity contribution >= 4 is 0 Å². The number of ether oxygens (including phenoxy) is 1. The number of pyridine rings is 2. The summed E-state index contributed by atoms with van der Waals surface area (Å²) in [6, 6.07) is 11.4. The summed E-state index contributed by atoms with van der Waals surface area (Å²) in [4.78, 5) is 16.8. The van der Waals surface area contributed by atoms with Gasteiger partial charge in [0.2, 0.25) is 0 Å². The molecule has 1 aliphatic carbocycles. The minimum absolute atomic E-state index is 0.0411. The first-order valence-corrected chi connectivity index (χ1v) is 9.59. The third-order valence-corrected chi connectivity index (χ3v) is 5.09. The number of aryl methyl sites for hydroxylation is 2. The molecule has 0 amide bonds. The maximum Gasteiger partial charge on any atom is 0.269 e. The molecule has 3 aromatic rings. The Kier molecular flexibility index (Phi) is 5.13. The minimum atomic E-state index is -0.556. The molecule has 0 atom stereocenters. The van der Waals surface area contributed by atoms with Crippen LogP contribution in [-0.4, -0.2) is 9.55 Å². The van der Waals surface area contributed by atoms with Crippen LogP contribution in [0.4, 0.5) is 4.39 Å². The maximum atomic E-state index is 14.8. The Morgan fingerprint density at radius 1 is 1.21 bits per heavy atom. The lowest BCUT2D eigenvalue weighted by atomic mass is 10.0. The van der Waals surface area contributed by atoms with Crippen LogP contribution in [0.15, 0.2) is 53.6 Å². The minimum Gasteiger partial charge on any atom is -0.457 e. The van der Waals surface area contributed by atoms with E-state index in [1.807, 2.05) is 13.0 Å². The van der Waals surface area contributed by atoms with Crippen molar-refractivity contribution in [3.05, 3.63) is 76.2 Å². The van der Waals surface area contributed by atoms with E-state index in [-0.39, 0.29) is 16.7 Å². The Bertz CT molecular complexity index is 1160. The molecule has 4 rings (SSSR count). The smallest absolute Gasteiger partial charge is 0.269 e. The van der Waals surface area contributed by atoms with E-state index >= 15 is 0 Å². The Morgan fingerprint density at radius 2 is 2.00 bits per heavy atom. The van der Waals surface area contributed by atoms with Gasteiger partial charge in [-0.1, -0.05) is 12.8 Å². The van der Waals surface area contributed by atoms with Crippen LogP contribution in [-0.2, 0) is 6.54 Å². The van der Waals surface area contributed by atoms with Crippen molar-refractivity contribution in [3.8, 4) is 28.7 Å². The van der Waals surface area contributed by atoms with Crippen molar-refractivity contribution in [1.82, 2.24) is 9.55 Å². The average Bonchev–Trinajstić information content (AvgIpc) is 3.52. The van der Waals surface area contributed by atoms with Gasteiger partial charge in [-0.2, -0.15) is 5.26 Å². The molecule has 0 spiro atoms. The molecular formula is C23H20FN3O2. The Labute approximate surface area is 168 Å². The molecule has 146 valence electrons. The lowest BCUT2D eigenvalue weighted by Crippen LogP contribution is -2.23. The molecule has 0 unspecified atom stereocenters. The zero-order valence-corrected chi connectivity index (χ0v) is 16.1. The molecule has 1 aromatic carbocycles. The lowest BCUT2D eigenvalue weighted by molar-refractivity contribution is 0.476. The summed E-state index contributed by atoms with van der Waals surface area (Å²) in [7, 11) is 0. The van der Waals surface area contributed by atoms with Crippen molar-refractivity contribution in [3.63, 3.8) is 0 Å². The third-order valence-electron chi connectivity index (χ3n) is 5.09. The highest BCUT2D eigenvalue weighted by atomic mass is 19.1. The lowest BCUT2D eigenvalue weighted by Gasteiger charge is -2.11. The molecule has 0 N–H and O–H groups in total. The van der Waals surface area contributed by atoms with Gasteiger partial charge in [-0.25, -0.2) is 4.39 Å². The highest BCUT2D eigenvalue weighted by Gasteiger charge is 2.21. The molecule has 0 aliphatic heterocycles. The molecular weight excluding hydrogens is 369 g/mol. The van der Waals surface area contributed by atoms with Crippen LogP contribution in [0.25, 0.3) is 11.1 Å². The first-order chi connectivity index (χ1) is 14.0. The fourth-order valence-corrected chi connectivity index (χ4v) is 3.31. The molecule has 29 heavy (non-hydrogen) atoms. The second-order valence-electron chi connectivity index (χ2n) is 7.32. The maximum absolute atomic E-state index is 14.8. The van der Waals surface area contributed by atoms with Crippen LogP contribution in [0.1, 0.15) is 30.5 Å². The highest BCUT2D eigenvalue weighted by molar-refractivity contribution is 5.71. The third kappa shape index (κ3) is 4.19. The summed E-state index contributed by atoms with van der Waals surface area (Å²) < 4.78 is 22.0. The number of halogens is 1. The van der Waals surface area contributed by atoms with Crippen molar-refractivity contribution < 1.29 is 9.13 Å². The standard InChI is InChI=1S/C23H20FN3O2/c1-15-12-18(6-9-26-15)29-17-4-5-20(22(24)13-17)19-8-11-27(10-7-16-2-3-16)23(28)21(19)14-25/h4-6,8-9,11-13,16H,2-3,7,10H2,1H3. The first-order valence-electron chi connectivity index (χ1n) is 9.59. The number of aromatic nitrogens is 2. The molecule has 0 radical (unpaired) electrons. The average molecular weight is 389 g/mol. The predicted molar refractivity (Wildman–Crippen MR) is 107 cm³/mol. The van der Waals surface area contributed by atoms with E-state index in [1.54, 1.807) is 41.2 Å². The van der Waals surface area contributed by atoms with Crippen LogP contribution in [0.3, 0.4) is 0 Å². The number of nitrogens with zero attached hydrogens (tertiary/aromatic N) is 3. The van der Waals surface area contributed by atoms with E-state index in [0.29, 0.717) is 29.5 Å². The van der Waals surface area contributed by atoms with E-state index in [1.165, 1.54) is 25.0 Å². The molecule has 5 nitrogen and oxygen atoms in total. The fraction of sp³-hybridized carbons (Fsp3) is 0.261. The summed E-state index contributed by atoms with van der Waals surface area (Å²) in [5.41, 5.74) is 0.869. The van der Waals surface area contributed by atoms with Crippen molar-refractivity contribution in [1.29, 1.82) is 5.26 Å². The molecule has 1 aliphatic rings. The van der Waals surface area contributed by atoms with Gasteiger partial charge in [0.25, 0.3) is 5.56 Å². The fourth-order valence-electron chi connectivity index (χ4n) is 3.31. The van der Waals surface area contributed by atoms with Crippen LogP contribution in [0, 0.1) is 30.0 Å². The highest BCUT2D eigenvalue weighted by Crippen LogP contribution is 2.33. The van der Waals surface area contributed by atoms with E-state index in [9.17, 15) is 14.4 Å². The summed E-state index contributed by atoms with van der Waals surface area (Å²) in [6.45, 7) is 2.42. The topological polar surface area (TPSA) is 67.9 Å². The quantitative estimate of drug-likeness (QED) is 0.606. The Hall–Kier alpha value is -3.46. The largest absolute Gasteiger partial charge is 0.457 e. The molecule has 2 aromatic heterocycles. The zero-order chi connectivity index (χ0) is 20.4. The molecule has 1 saturated carbocycles. The normalized spacial score (nSPS) is 13.1. The first kappa shape index (κ1) is 18.9. The number of hydrogen-bond donors (Lipinski definition) is 0.